The highest BCUT2D eigenvalue weighted by molar-refractivity contribution is 5.87. The Morgan fingerprint density at radius 1 is 1.35 bits per heavy atom. The number of ether oxygens (including phenoxy) is 1. The second-order valence-corrected chi connectivity index (χ2v) is 4.99. The van der Waals surface area contributed by atoms with Crippen LogP contribution < -0.4 is 0 Å². The fraction of sp³-hybridized carbons (Fsp3) is 0.769. The number of carbonyl (C=O) groups excluding carboxylic acids is 1. The Hall–Kier alpha value is -0.870. The average Bonchev–Trinajstić information content (AvgIpc) is 2.77. The summed E-state index contributed by atoms with van der Waals surface area (Å²) in [5.41, 5.74) is 0. The van der Waals surface area contributed by atoms with Crippen molar-refractivity contribution in [1.29, 1.82) is 0 Å². The number of hydrogen-bond acceptors (Lipinski definition) is 3. The Labute approximate surface area is 103 Å². The van der Waals surface area contributed by atoms with E-state index in [4.69, 9.17) is 4.74 Å². The van der Waals surface area contributed by atoms with E-state index in [9.17, 15) is 4.79 Å². The van der Waals surface area contributed by atoms with Crippen LogP contribution in [-0.4, -0.2) is 61.6 Å². The second kappa shape index (κ2) is 6.17. The van der Waals surface area contributed by atoms with E-state index >= 15 is 0 Å². The average molecular weight is 238 g/mol. The highest BCUT2D eigenvalue weighted by Crippen LogP contribution is 2.15. The molecule has 2 rings (SSSR count). The van der Waals surface area contributed by atoms with Crippen LogP contribution in [0.2, 0.25) is 0 Å². The summed E-state index contributed by atoms with van der Waals surface area (Å²) in [5.74, 6) is 0.828. The van der Waals surface area contributed by atoms with Crippen LogP contribution in [0.25, 0.3) is 0 Å². The number of hydrogen-bond donors (Lipinski definition) is 0. The van der Waals surface area contributed by atoms with Gasteiger partial charge in [-0.1, -0.05) is 13.0 Å². The van der Waals surface area contributed by atoms with E-state index in [-0.39, 0.29) is 5.91 Å². The van der Waals surface area contributed by atoms with E-state index < -0.39 is 0 Å². The molecular weight excluding hydrogens is 216 g/mol. The fourth-order valence-corrected chi connectivity index (χ4v) is 2.33. The van der Waals surface area contributed by atoms with Crippen molar-refractivity contribution >= 4 is 5.91 Å². The lowest BCUT2D eigenvalue weighted by Crippen LogP contribution is -2.36. The minimum atomic E-state index is 0.169. The SMILES string of the molecule is CC1CCN(C(=O)/C=C/CN2CCOCC2)C1. The predicted octanol–water partition coefficient (Wildman–Crippen LogP) is 0.743. The van der Waals surface area contributed by atoms with E-state index in [0.717, 1.165) is 52.4 Å². The zero-order chi connectivity index (χ0) is 12.1. The molecule has 0 aromatic heterocycles. The van der Waals surface area contributed by atoms with Gasteiger partial charge in [0.2, 0.25) is 5.91 Å². The van der Waals surface area contributed by atoms with Gasteiger partial charge in [-0.05, 0) is 12.3 Å². The molecule has 2 heterocycles. The van der Waals surface area contributed by atoms with Gasteiger partial charge in [0.1, 0.15) is 0 Å². The monoisotopic (exact) mass is 238 g/mol. The quantitative estimate of drug-likeness (QED) is 0.680. The molecule has 0 aromatic carbocycles. The number of morpholine rings is 1. The van der Waals surface area contributed by atoms with Crippen LogP contribution in [0.15, 0.2) is 12.2 Å². The third-order valence-corrected chi connectivity index (χ3v) is 3.46. The number of rotatable bonds is 3. The summed E-state index contributed by atoms with van der Waals surface area (Å²) in [6.07, 6.45) is 4.85. The molecule has 1 unspecified atom stereocenters. The molecule has 17 heavy (non-hydrogen) atoms. The molecule has 0 saturated carbocycles. The van der Waals surface area contributed by atoms with Crippen molar-refractivity contribution in [3.05, 3.63) is 12.2 Å². The molecule has 4 nitrogen and oxygen atoms in total. The summed E-state index contributed by atoms with van der Waals surface area (Å²) in [6.45, 7) is 8.46. The Morgan fingerprint density at radius 2 is 2.12 bits per heavy atom. The molecule has 1 atom stereocenters. The van der Waals surface area contributed by atoms with Crippen molar-refractivity contribution in [2.75, 3.05) is 45.9 Å². The molecule has 4 heteroatoms. The normalized spacial score (nSPS) is 26.9. The van der Waals surface area contributed by atoms with Crippen molar-refractivity contribution in [1.82, 2.24) is 9.80 Å². The van der Waals surface area contributed by atoms with Gasteiger partial charge in [-0.3, -0.25) is 9.69 Å². The van der Waals surface area contributed by atoms with Gasteiger partial charge in [0.25, 0.3) is 0 Å². The molecule has 96 valence electrons. The second-order valence-electron chi connectivity index (χ2n) is 4.99. The Bertz CT molecular complexity index is 285. The lowest BCUT2D eigenvalue weighted by molar-refractivity contribution is -0.125. The molecule has 2 saturated heterocycles. The van der Waals surface area contributed by atoms with Gasteiger partial charge in [-0.15, -0.1) is 0 Å². The molecular formula is C13H22N2O2. The molecule has 0 radical (unpaired) electrons. The van der Waals surface area contributed by atoms with Crippen molar-refractivity contribution in [2.24, 2.45) is 5.92 Å². The third kappa shape index (κ3) is 3.82. The van der Waals surface area contributed by atoms with Crippen molar-refractivity contribution < 1.29 is 9.53 Å². The summed E-state index contributed by atoms with van der Waals surface area (Å²) >= 11 is 0. The minimum absolute atomic E-state index is 0.169. The first kappa shape index (κ1) is 12.6. The Morgan fingerprint density at radius 3 is 2.76 bits per heavy atom. The zero-order valence-electron chi connectivity index (χ0n) is 10.6. The van der Waals surface area contributed by atoms with Crippen LogP contribution in [0.5, 0.6) is 0 Å². The largest absolute Gasteiger partial charge is 0.379 e. The zero-order valence-corrected chi connectivity index (χ0v) is 10.6. The summed E-state index contributed by atoms with van der Waals surface area (Å²) < 4.78 is 5.28. The maximum Gasteiger partial charge on any atom is 0.246 e. The van der Waals surface area contributed by atoms with Crippen LogP contribution in [0.4, 0.5) is 0 Å². The molecule has 2 fully saturated rings. The lowest BCUT2D eigenvalue weighted by atomic mass is 10.2. The van der Waals surface area contributed by atoms with Crippen molar-refractivity contribution in [3.63, 3.8) is 0 Å². The molecule has 0 N–H and O–H groups in total. The van der Waals surface area contributed by atoms with Crippen LogP contribution in [0.1, 0.15) is 13.3 Å². The number of amides is 1. The maximum atomic E-state index is 11.8. The summed E-state index contributed by atoms with van der Waals surface area (Å²) in [6, 6.07) is 0. The topological polar surface area (TPSA) is 32.8 Å². The number of carbonyl (C=O) groups is 1. The van der Waals surface area contributed by atoms with E-state index in [1.54, 1.807) is 6.08 Å². The highest BCUT2D eigenvalue weighted by Gasteiger charge is 2.21. The Balaban J connectivity index is 1.70. The highest BCUT2D eigenvalue weighted by atomic mass is 16.5. The van der Waals surface area contributed by atoms with Gasteiger partial charge in [-0.25, -0.2) is 0 Å². The standard InChI is InChI=1S/C13H22N2O2/c1-12-4-6-15(11-12)13(16)3-2-5-14-7-9-17-10-8-14/h2-3,12H,4-11H2,1H3/b3-2+. The van der Waals surface area contributed by atoms with Gasteiger partial charge in [-0.2, -0.15) is 0 Å². The van der Waals surface area contributed by atoms with Gasteiger partial charge < -0.3 is 9.64 Å². The van der Waals surface area contributed by atoms with Crippen LogP contribution >= 0.6 is 0 Å². The van der Waals surface area contributed by atoms with E-state index in [2.05, 4.69) is 11.8 Å². The summed E-state index contributed by atoms with van der Waals surface area (Å²) in [4.78, 5) is 16.1. The van der Waals surface area contributed by atoms with Gasteiger partial charge >= 0.3 is 0 Å². The van der Waals surface area contributed by atoms with E-state index in [1.165, 1.54) is 0 Å². The Kier molecular flexibility index (Phi) is 4.57. The van der Waals surface area contributed by atoms with Gasteiger partial charge in [0, 0.05) is 38.8 Å². The molecule has 0 aliphatic carbocycles. The molecule has 2 aliphatic heterocycles. The maximum absolute atomic E-state index is 11.8. The first-order chi connectivity index (χ1) is 8.25. The van der Waals surface area contributed by atoms with Crippen LogP contribution in [0, 0.1) is 5.92 Å². The molecule has 2 aliphatic rings. The molecule has 0 bridgehead atoms. The minimum Gasteiger partial charge on any atom is -0.379 e. The van der Waals surface area contributed by atoms with Gasteiger partial charge in [0.05, 0.1) is 13.2 Å². The fourth-order valence-electron chi connectivity index (χ4n) is 2.33. The van der Waals surface area contributed by atoms with Gasteiger partial charge in [0.15, 0.2) is 0 Å². The molecule has 0 aromatic rings. The molecule has 0 spiro atoms. The van der Waals surface area contributed by atoms with E-state index in [0.29, 0.717) is 5.92 Å². The van der Waals surface area contributed by atoms with Crippen LogP contribution in [-0.2, 0) is 9.53 Å². The predicted molar refractivity (Wildman–Crippen MR) is 66.8 cm³/mol. The van der Waals surface area contributed by atoms with E-state index in [1.807, 2.05) is 11.0 Å². The summed E-state index contributed by atoms with van der Waals surface area (Å²) in [5, 5.41) is 0. The van der Waals surface area contributed by atoms with Crippen molar-refractivity contribution in [2.45, 2.75) is 13.3 Å². The van der Waals surface area contributed by atoms with Crippen LogP contribution in [0.3, 0.4) is 0 Å². The first-order valence-electron chi connectivity index (χ1n) is 6.51. The smallest absolute Gasteiger partial charge is 0.246 e. The third-order valence-electron chi connectivity index (χ3n) is 3.46. The number of nitrogens with zero attached hydrogens (tertiary/aromatic N) is 2. The molecule has 1 amide bonds. The first-order valence-corrected chi connectivity index (χ1v) is 6.51. The summed E-state index contributed by atoms with van der Waals surface area (Å²) in [7, 11) is 0. The number of likely N-dealkylation sites (tertiary alicyclic amines) is 1. The lowest BCUT2D eigenvalue weighted by Gasteiger charge is -2.25. The van der Waals surface area contributed by atoms with Crippen molar-refractivity contribution in [3.8, 4) is 0 Å².